The molecule has 0 N–H and O–H groups in total. The number of nitrogens with zero attached hydrogens (tertiary/aromatic N) is 2. The highest BCUT2D eigenvalue weighted by Crippen LogP contribution is 2.35. The third-order valence-electron chi connectivity index (χ3n) is 2.61. The average Bonchev–Trinajstić information content (AvgIpc) is 2.84. The second-order valence-corrected chi connectivity index (χ2v) is 8.46. The molecule has 2 nitrogen and oxygen atoms in total. The van der Waals surface area contributed by atoms with E-state index in [9.17, 15) is 0 Å². The topological polar surface area (TPSA) is 25.8 Å². The van der Waals surface area contributed by atoms with Gasteiger partial charge >= 0.3 is 0 Å². The molecule has 2 rings (SSSR count). The molecule has 0 unspecified atom stereocenters. The zero-order chi connectivity index (χ0) is 13.6. The maximum absolute atomic E-state index is 4.71. The van der Waals surface area contributed by atoms with E-state index < -0.39 is 0 Å². The molecule has 0 aliphatic carbocycles. The Kier molecular flexibility index (Phi) is 3.36. The minimum Gasteiger partial charge on any atom is -0.243 e. The third kappa shape index (κ3) is 2.81. The molecule has 0 atom stereocenters. The maximum Gasteiger partial charge on any atom is 0.142 e. The average molecular weight is 280 g/mol. The largest absolute Gasteiger partial charge is 0.243 e. The number of rotatable bonds is 1. The van der Waals surface area contributed by atoms with E-state index in [0.717, 1.165) is 10.7 Å². The lowest BCUT2D eigenvalue weighted by Gasteiger charge is -2.14. The van der Waals surface area contributed by atoms with Gasteiger partial charge in [0, 0.05) is 21.9 Å². The van der Waals surface area contributed by atoms with Crippen LogP contribution in [-0.4, -0.2) is 9.97 Å². The van der Waals surface area contributed by atoms with Gasteiger partial charge in [-0.1, -0.05) is 41.5 Å². The Bertz CT molecular complexity index is 488. The second-order valence-electron chi connectivity index (χ2n) is 6.57. The monoisotopic (exact) mass is 280 g/mol. The summed E-state index contributed by atoms with van der Waals surface area (Å²) in [6, 6.07) is 0. The number of hydrogen-bond acceptors (Lipinski definition) is 4. The van der Waals surface area contributed by atoms with Crippen molar-refractivity contribution in [2.45, 2.75) is 52.4 Å². The van der Waals surface area contributed by atoms with E-state index in [1.54, 1.807) is 22.7 Å². The van der Waals surface area contributed by atoms with Gasteiger partial charge in [-0.2, -0.15) is 0 Å². The fourth-order valence-corrected chi connectivity index (χ4v) is 3.36. The molecule has 0 radical (unpaired) electrons. The quantitative estimate of drug-likeness (QED) is 0.745. The van der Waals surface area contributed by atoms with Crippen molar-refractivity contribution in [2.75, 3.05) is 0 Å². The van der Waals surface area contributed by atoms with Gasteiger partial charge in [-0.15, -0.1) is 22.7 Å². The van der Waals surface area contributed by atoms with Gasteiger partial charge in [0.2, 0.25) is 0 Å². The van der Waals surface area contributed by atoms with E-state index in [-0.39, 0.29) is 10.8 Å². The smallest absolute Gasteiger partial charge is 0.142 e. The van der Waals surface area contributed by atoms with Crippen LogP contribution < -0.4 is 0 Å². The standard InChI is InChI=1S/C14H20N2S2/c1-13(2,3)10-7-15-11(18-10)9-8-17-12(16-9)14(4,5)6/h7-8H,1-6H3. The molecule has 0 aromatic carbocycles. The molecule has 0 spiro atoms. The first-order valence-electron chi connectivity index (χ1n) is 6.10. The van der Waals surface area contributed by atoms with Crippen molar-refractivity contribution in [2.24, 2.45) is 0 Å². The zero-order valence-corrected chi connectivity index (χ0v) is 13.5. The predicted octanol–water partition coefficient (Wildman–Crippen LogP) is 4.86. The summed E-state index contributed by atoms with van der Waals surface area (Å²) in [6.07, 6.45) is 1.98. The summed E-state index contributed by atoms with van der Waals surface area (Å²) in [6.45, 7) is 13.2. The summed E-state index contributed by atoms with van der Waals surface area (Å²) in [4.78, 5) is 10.5. The maximum atomic E-state index is 4.71. The third-order valence-corrected chi connectivity index (χ3v) is 5.32. The molecule has 0 amide bonds. The van der Waals surface area contributed by atoms with Gasteiger partial charge < -0.3 is 0 Å². The van der Waals surface area contributed by atoms with Gasteiger partial charge in [0.25, 0.3) is 0 Å². The SMILES string of the molecule is CC(C)(C)c1cnc(-c2csc(C(C)(C)C)n2)s1. The van der Waals surface area contributed by atoms with Gasteiger partial charge in [-0.3, -0.25) is 0 Å². The van der Waals surface area contributed by atoms with E-state index in [1.807, 2.05) is 6.20 Å². The Morgan fingerprint density at radius 2 is 1.67 bits per heavy atom. The molecule has 4 heteroatoms. The minimum absolute atomic E-state index is 0.118. The van der Waals surface area contributed by atoms with Crippen LogP contribution in [0.25, 0.3) is 10.7 Å². The van der Waals surface area contributed by atoms with E-state index >= 15 is 0 Å². The van der Waals surface area contributed by atoms with E-state index in [4.69, 9.17) is 4.98 Å². The van der Waals surface area contributed by atoms with E-state index in [1.165, 1.54) is 9.88 Å². The molecule has 2 aromatic rings. The highest BCUT2D eigenvalue weighted by Gasteiger charge is 2.21. The molecule has 0 aliphatic rings. The van der Waals surface area contributed by atoms with Crippen molar-refractivity contribution in [1.29, 1.82) is 0 Å². The first-order valence-corrected chi connectivity index (χ1v) is 7.80. The van der Waals surface area contributed by atoms with Crippen molar-refractivity contribution in [3.8, 4) is 10.7 Å². The molecule has 0 saturated carbocycles. The summed E-state index contributed by atoms with van der Waals surface area (Å²) in [5.41, 5.74) is 1.30. The molecule has 0 aliphatic heterocycles. The van der Waals surface area contributed by atoms with Crippen molar-refractivity contribution in [3.63, 3.8) is 0 Å². The van der Waals surface area contributed by atoms with Crippen molar-refractivity contribution < 1.29 is 0 Å². The Labute approximate surface area is 117 Å². The molecule has 0 bridgehead atoms. The Balaban J connectivity index is 2.33. The fraction of sp³-hybridized carbons (Fsp3) is 0.571. The Morgan fingerprint density at radius 3 is 2.11 bits per heavy atom. The summed E-state index contributed by atoms with van der Waals surface area (Å²) in [5.74, 6) is 0. The zero-order valence-electron chi connectivity index (χ0n) is 11.9. The highest BCUT2D eigenvalue weighted by molar-refractivity contribution is 7.15. The number of hydrogen-bond donors (Lipinski definition) is 0. The Hall–Kier alpha value is -0.740. The summed E-state index contributed by atoms with van der Waals surface area (Å²) < 4.78 is 0. The van der Waals surface area contributed by atoms with Gasteiger partial charge in [-0.25, -0.2) is 9.97 Å². The van der Waals surface area contributed by atoms with Crippen LogP contribution in [0.15, 0.2) is 11.6 Å². The van der Waals surface area contributed by atoms with Gasteiger partial charge in [0.15, 0.2) is 0 Å². The van der Waals surface area contributed by atoms with Crippen LogP contribution in [-0.2, 0) is 10.8 Å². The van der Waals surface area contributed by atoms with Gasteiger partial charge in [-0.05, 0) is 5.41 Å². The first-order chi connectivity index (χ1) is 8.18. The lowest BCUT2D eigenvalue weighted by molar-refractivity contribution is 0.586. The molecule has 0 fully saturated rings. The van der Waals surface area contributed by atoms with Crippen LogP contribution in [0, 0.1) is 0 Å². The molecule has 98 valence electrons. The highest BCUT2D eigenvalue weighted by atomic mass is 32.1. The molecular formula is C14H20N2S2. The molecule has 0 saturated heterocycles. The van der Waals surface area contributed by atoms with Gasteiger partial charge in [0.1, 0.15) is 10.7 Å². The van der Waals surface area contributed by atoms with Crippen molar-refractivity contribution >= 4 is 22.7 Å². The molecule has 18 heavy (non-hydrogen) atoms. The lowest BCUT2D eigenvalue weighted by atomic mass is 9.96. The van der Waals surface area contributed by atoms with Crippen molar-refractivity contribution in [1.82, 2.24) is 9.97 Å². The van der Waals surface area contributed by atoms with Crippen LogP contribution in [0.1, 0.15) is 51.4 Å². The predicted molar refractivity (Wildman–Crippen MR) is 80.6 cm³/mol. The van der Waals surface area contributed by atoms with Crippen LogP contribution in [0.2, 0.25) is 0 Å². The van der Waals surface area contributed by atoms with Crippen LogP contribution in [0.3, 0.4) is 0 Å². The Morgan fingerprint density at radius 1 is 1.00 bits per heavy atom. The van der Waals surface area contributed by atoms with Crippen LogP contribution in [0.4, 0.5) is 0 Å². The first kappa shape index (κ1) is 13.7. The fourth-order valence-electron chi connectivity index (χ4n) is 1.46. The summed E-state index contributed by atoms with van der Waals surface area (Å²) in [5, 5.41) is 4.32. The minimum atomic E-state index is 0.118. The van der Waals surface area contributed by atoms with Crippen LogP contribution >= 0.6 is 22.7 Å². The lowest BCUT2D eigenvalue weighted by Crippen LogP contribution is -2.10. The van der Waals surface area contributed by atoms with Crippen molar-refractivity contribution in [3.05, 3.63) is 21.5 Å². The van der Waals surface area contributed by atoms with Crippen LogP contribution in [0.5, 0.6) is 0 Å². The second kappa shape index (κ2) is 4.42. The normalized spacial score (nSPS) is 13.0. The van der Waals surface area contributed by atoms with Gasteiger partial charge in [0.05, 0.1) is 5.01 Å². The summed E-state index contributed by atoms with van der Waals surface area (Å²) >= 11 is 3.47. The number of thiazole rings is 2. The summed E-state index contributed by atoms with van der Waals surface area (Å²) in [7, 11) is 0. The van der Waals surface area contributed by atoms with E-state index in [0.29, 0.717) is 0 Å². The number of aromatic nitrogens is 2. The molecule has 2 heterocycles. The molecule has 2 aromatic heterocycles. The molecular weight excluding hydrogens is 260 g/mol. The van der Waals surface area contributed by atoms with E-state index in [2.05, 4.69) is 51.9 Å².